The van der Waals surface area contributed by atoms with E-state index in [-0.39, 0.29) is 38.9 Å². The molecule has 0 aliphatic carbocycles. The van der Waals surface area contributed by atoms with Gasteiger partial charge in [0.15, 0.2) is 11.6 Å². The molecular weight excluding hydrogens is 447 g/mol. The van der Waals surface area contributed by atoms with Crippen molar-refractivity contribution in [2.45, 2.75) is 47.1 Å². The number of piperazine rings is 1. The first-order valence-corrected chi connectivity index (χ1v) is 11.2. The average Bonchev–Trinajstić information content (AvgIpc) is 2.78. The largest absolute Gasteiger partial charge is 0.444 e. The smallest absolute Gasteiger partial charge is 0.410 e. The van der Waals surface area contributed by atoms with Crippen LogP contribution in [0, 0.1) is 24.4 Å². The molecular formula is C25H34F3N3O3. The minimum absolute atomic E-state index is 0. The fraction of sp³-hybridized carbons (Fsp3) is 0.440. The number of aryl methyl sites for hydroxylation is 1. The SMILES string of the molecule is CC.Cc1ccc(Nc2c(C(=O)N3CCN(C(=O)OC(C)(C)C)CC3)ccc(F)c2F)c(F)c1.[HH]. The summed E-state index contributed by atoms with van der Waals surface area (Å²) in [7, 11) is 0. The van der Waals surface area contributed by atoms with E-state index in [0.29, 0.717) is 5.56 Å². The highest BCUT2D eigenvalue weighted by Crippen LogP contribution is 2.29. The number of nitrogens with zero attached hydrogens (tertiary/aromatic N) is 2. The molecule has 1 aliphatic heterocycles. The van der Waals surface area contributed by atoms with E-state index in [4.69, 9.17) is 4.74 Å². The van der Waals surface area contributed by atoms with Crippen molar-refractivity contribution in [3.8, 4) is 0 Å². The van der Waals surface area contributed by atoms with Gasteiger partial charge in [0.05, 0.1) is 16.9 Å². The lowest BCUT2D eigenvalue weighted by Gasteiger charge is -2.35. The molecule has 1 saturated heterocycles. The van der Waals surface area contributed by atoms with Crippen molar-refractivity contribution in [2.24, 2.45) is 0 Å². The number of amides is 2. The van der Waals surface area contributed by atoms with E-state index in [1.165, 1.54) is 21.9 Å². The molecule has 2 aromatic carbocycles. The molecule has 0 atom stereocenters. The highest BCUT2D eigenvalue weighted by molar-refractivity contribution is 6.00. The van der Waals surface area contributed by atoms with Gasteiger partial charge in [-0.3, -0.25) is 4.79 Å². The highest BCUT2D eigenvalue weighted by Gasteiger charge is 2.30. The first kappa shape index (κ1) is 27.0. The number of nitrogens with one attached hydrogen (secondary N) is 1. The number of hydrogen-bond donors (Lipinski definition) is 1. The lowest BCUT2D eigenvalue weighted by Crippen LogP contribution is -2.51. The molecule has 0 bridgehead atoms. The maximum Gasteiger partial charge on any atom is 0.410 e. The first-order valence-electron chi connectivity index (χ1n) is 11.2. The van der Waals surface area contributed by atoms with E-state index in [1.54, 1.807) is 33.8 Å². The third kappa shape index (κ3) is 6.65. The molecule has 1 aliphatic rings. The zero-order valence-corrected chi connectivity index (χ0v) is 20.5. The quantitative estimate of drug-likeness (QED) is 0.574. The molecule has 188 valence electrons. The van der Waals surface area contributed by atoms with E-state index in [1.807, 2.05) is 13.8 Å². The predicted octanol–water partition coefficient (Wildman–Crippen LogP) is 6.12. The minimum Gasteiger partial charge on any atom is -0.444 e. The van der Waals surface area contributed by atoms with Crippen molar-refractivity contribution in [1.29, 1.82) is 0 Å². The minimum atomic E-state index is -1.27. The maximum atomic E-state index is 14.6. The normalized spacial score (nSPS) is 13.7. The van der Waals surface area contributed by atoms with Gasteiger partial charge in [0, 0.05) is 27.6 Å². The van der Waals surface area contributed by atoms with Crippen LogP contribution in [0.25, 0.3) is 0 Å². The van der Waals surface area contributed by atoms with Crippen LogP contribution in [0.15, 0.2) is 30.3 Å². The molecule has 0 aromatic heterocycles. The van der Waals surface area contributed by atoms with Crippen LogP contribution < -0.4 is 5.32 Å². The Morgan fingerprint density at radius 3 is 2.09 bits per heavy atom. The van der Waals surface area contributed by atoms with Gasteiger partial charge in [-0.15, -0.1) is 0 Å². The van der Waals surface area contributed by atoms with Crippen LogP contribution in [0.3, 0.4) is 0 Å². The summed E-state index contributed by atoms with van der Waals surface area (Å²) in [5, 5.41) is 2.53. The molecule has 1 fully saturated rings. The molecule has 2 aromatic rings. The van der Waals surface area contributed by atoms with Crippen LogP contribution in [0.5, 0.6) is 0 Å². The molecule has 0 radical (unpaired) electrons. The Morgan fingerprint density at radius 2 is 1.53 bits per heavy atom. The van der Waals surface area contributed by atoms with E-state index in [9.17, 15) is 22.8 Å². The Balaban J connectivity index is 0.00000199. The van der Waals surface area contributed by atoms with Crippen LogP contribution in [0.2, 0.25) is 0 Å². The number of carbonyl (C=O) groups is 2. The Kier molecular flexibility index (Phi) is 8.95. The van der Waals surface area contributed by atoms with Gasteiger partial charge >= 0.3 is 6.09 Å². The molecule has 0 spiro atoms. The van der Waals surface area contributed by atoms with Gasteiger partial charge < -0.3 is 19.9 Å². The predicted molar refractivity (Wildman–Crippen MR) is 128 cm³/mol. The summed E-state index contributed by atoms with van der Waals surface area (Å²) < 4.78 is 48.1. The Morgan fingerprint density at radius 1 is 0.941 bits per heavy atom. The van der Waals surface area contributed by atoms with Gasteiger partial charge in [-0.25, -0.2) is 18.0 Å². The summed E-state index contributed by atoms with van der Waals surface area (Å²) in [6.45, 7) is 11.8. The number of hydrogen-bond acceptors (Lipinski definition) is 4. The Labute approximate surface area is 200 Å². The zero-order chi connectivity index (χ0) is 25.6. The van der Waals surface area contributed by atoms with Crippen LogP contribution in [0.4, 0.5) is 29.3 Å². The summed E-state index contributed by atoms with van der Waals surface area (Å²) >= 11 is 0. The summed E-state index contributed by atoms with van der Waals surface area (Å²) in [5.41, 5.74) is -0.626. The third-order valence-corrected chi connectivity index (χ3v) is 4.93. The summed E-state index contributed by atoms with van der Waals surface area (Å²) in [6, 6.07) is 6.27. The second-order valence-corrected chi connectivity index (χ2v) is 8.65. The number of ether oxygens (including phenoxy) is 1. The van der Waals surface area contributed by atoms with Crippen molar-refractivity contribution >= 4 is 23.4 Å². The van der Waals surface area contributed by atoms with Crippen molar-refractivity contribution in [3.05, 3.63) is 58.9 Å². The monoisotopic (exact) mass is 481 g/mol. The highest BCUT2D eigenvalue weighted by atomic mass is 19.2. The van der Waals surface area contributed by atoms with Gasteiger partial charge in [-0.05, 0) is 57.5 Å². The second kappa shape index (κ2) is 11.3. The lowest BCUT2D eigenvalue weighted by atomic mass is 10.1. The number of rotatable bonds is 3. The summed E-state index contributed by atoms with van der Waals surface area (Å²) in [4.78, 5) is 28.2. The molecule has 34 heavy (non-hydrogen) atoms. The van der Waals surface area contributed by atoms with E-state index >= 15 is 0 Å². The molecule has 1 N–H and O–H groups in total. The molecule has 3 rings (SSSR count). The van der Waals surface area contributed by atoms with Gasteiger partial charge in [-0.2, -0.15) is 0 Å². The zero-order valence-electron chi connectivity index (χ0n) is 20.5. The van der Waals surface area contributed by atoms with E-state index in [2.05, 4.69) is 5.32 Å². The van der Waals surface area contributed by atoms with Gasteiger partial charge in [0.2, 0.25) is 0 Å². The van der Waals surface area contributed by atoms with Crippen LogP contribution in [-0.4, -0.2) is 53.6 Å². The van der Waals surface area contributed by atoms with Crippen molar-refractivity contribution in [3.63, 3.8) is 0 Å². The van der Waals surface area contributed by atoms with E-state index in [0.717, 1.165) is 12.1 Å². The molecule has 0 saturated carbocycles. The topological polar surface area (TPSA) is 61.9 Å². The van der Waals surface area contributed by atoms with Gasteiger partial charge in [0.1, 0.15) is 11.4 Å². The molecule has 9 heteroatoms. The van der Waals surface area contributed by atoms with Gasteiger partial charge in [-0.1, -0.05) is 19.9 Å². The number of halogens is 3. The second-order valence-electron chi connectivity index (χ2n) is 8.65. The van der Waals surface area contributed by atoms with E-state index < -0.39 is 40.7 Å². The Bertz CT molecular complexity index is 1040. The number of carbonyl (C=O) groups excluding carboxylic acids is 2. The van der Waals surface area contributed by atoms with Crippen LogP contribution >= 0.6 is 0 Å². The molecule has 1 heterocycles. The molecule has 2 amide bonds. The standard InChI is InChI=1S/C23H26F3N3O3.C2H6.H2/c1-14-5-8-18(17(25)13-14)27-20-15(6-7-16(24)19(20)26)21(30)28-9-11-29(12-10-28)22(31)32-23(2,3)4;1-2;/h5-8,13,27H,9-12H2,1-4H3;1-2H3;1H. The summed E-state index contributed by atoms with van der Waals surface area (Å²) in [6.07, 6.45) is -0.477. The van der Waals surface area contributed by atoms with Crippen molar-refractivity contribution in [1.82, 2.24) is 9.80 Å². The molecule has 0 unspecified atom stereocenters. The number of benzene rings is 2. The van der Waals surface area contributed by atoms with Crippen LogP contribution in [-0.2, 0) is 4.74 Å². The molecule has 6 nitrogen and oxygen atoms in total. The fourth-order valence-electron chi connectivity index (χ4n) is 3.30. The third-order valence-electron chi connectivity index (χ3n) is 4.93. The van der Waals surface area contributed by atoms with Gasteiger partial charge in [0.25, 0.3) is 5.91 Å². The Hall–Kier alpha value is -3.23. The first-order chi connectivity index (χ1) is 16.0. The lowest BCUT2D eigenvalue weighted by molar-refractivity contribution is 0.0141. The van der Waals surface area contributed by atoms with Crippen molar-refractivity contribution < 1.29 is 28.9 Å². The number of anilines is 2. The average molecular weight is 482 g/mol. The summed E-state index contributed by atoms with van der Waals surface area (Å²) in [5.74, 6) is -3.64. The maximum absolute atomic E-state index is 14.6. The van der Waals surface area contributed by atoms with Crippen LogP contribution in [0.1, 0.15) is 52.0 Å². The fourth-order valence-corrected chi connectivity index (χ4v) is 3.30. The van der Waals surface area contributed by atoms with Crippen molar-refractivity contribution in [2.75, 3.05) is 31.5 Å².